The Labute approximate surface area is 199 Å². The van der Waals surface area contributed by atoms with Crippen LogP contribution in [-0.4, -0.2) is 48.9 Å². The van der Waals surface area contributed by atoms with E-state index in [1.165, 1.54) is 0 Å². The van der Waals surface area contributed by atoms with Gasteiger partial charge in [0.2, 0.25) is 11.8 Å². The van der Waals surface area contributed by atoms with Crippen molar-refractivity contribution >= 4 is 40.8 Å². The summed E-state index contributed by atoms with van der Waals surface area (Å²) in [6.45, 7) is 4.14. The van der Waals surface area contributed by atoms with Gasteiger partial charge in [0.05, 0.1) is 5.92 Å². The highest BCUT2D eigenvalue weighted by atomic mass is 35.5. The van der Waals surface area contributed by atoms with E-state index in [-0.39, 0.29) is 36.1 Å². The molecule has 2 N–H and O–H groups in total. The van der Waals surface area contributed by atoms with Crippen LogP contribution in [0, 0.1) is 18.8 Å². The summed E-state index contributed by atoms with van der Waals surface area (Å²) in [4.78, 5) is 41.5. The van der Waals surface area contributed by atoms with Gasteiger partial charge in [0.1, 0.15) is 0 Å². The van der Waals surface area contributed by atoms with Crippen LogP contribution in [-0.2, 0) is 9.59 Å². The lowest BCUT2D eigenvalue weighted by Crippen LogP contribution is -2.46. The minimum absolute atomic E-state index is 0.0154. The molecule has 0 aromatic heterocycles. The quantitative estimate of drug-likeness (QED) is 0.694. The number of anilines is 2. The van der Waals surface area contributed by atoms with Gasteiger partial charge in [0.15, 0.2) is 0 Å². The first-order chi connectivity index (χ1) is 15.9. The summed E-state index contributed by atoms with van der Waals surface area (Å²) >= 11 is 6.06. The van der Waals surface area contributed by atoms with E-state index in [4.69, 9.17) is 11.6 Å². The van der Waals surface area contributed by atoms with E-state index in [1.54, 1.807) is 23.1 Å². The molecule has 174 valence electrons. The highest BCUT2D eigenvalue weighted by molar-refractivity contribution is 6.31. The van der Waals surface area contributed by atoms with Crippen molar-refractivity contribution < 1.29 is 14.4 Å². The maximum atomic E-state index is 13.2. The van der Waals surface area contributed by atoms with Gasteiger partial charge in [-0.25, -0.2) is 4.79 Å². The zero-order valence-corrected chi connectivity index (χ0v) is 19.5. The van der Waals surface area contributed by atoms with E-state index >= 15 is 0 Å². The molecule has 0 radical (unpaired) electrons. The standard InChI is InChI=1S/C25H29ClN4O3/c1-17-7-9-21(10-8-17)28-25(33)27-14-18-4-3-11-29(15-18)24(32)19-12-23(31)30(16-19)22-6-2-5-20(26)13-22/h2,5-10,13,18-19H,3-4,11-12,14-16H2,1H3,(H2,27,28,33). The Bertz CT molecular complexity index is 1030. The summed E-state index contributed by atoms with van der Waals surface area (Å²) in [7, 11) is 0. The topological polar surface area (TPSA) is 81.8 Å². The van der Waals surface area contributed by atoms with Gasteiger partial charge in [-0.1, -0.05) is 35.4 Å². The number of halogens is 1. The zero-order chi connectivity index (χ0) is 23.4. The van der Waals surface area contributed by atoms with Crippen molar-refractivity contribution in [2.75, 3.05) is 36.4 Å². The fourth-order valence-electron chi connectivity index (χ4n) is 4.51. The molecule has 4 amide bonds. The number of likely N-dealkylation sites (tertiary alicyclic amines) is 1. The summed E-state index contributed by atoms with van der Waals surface area (Å²) in [5.41, 5.74) is 2.60. The Kier molecular flexibility index (Phi) is 7.18. The van der Waals surface area contributed by atoms with Crippen LogP contribution in [0.3, 0.4) is 0 Å². The molecule has 2 aliphatic heterocycles. The Morgan fingerprint density at radius 1 is 1.12 bits per heavy atom. The lowest BCUT2D eigenvalue weighted by atomic mass is 9.96. The van der Waals surface area contributed by atoms with Crippen molar-refractivity contribution in [3.8, 4) is 0 Å². The lowest BCUT2D eigenvalue weighted by molar-refractivity contribution is -0.137. The number of rotatable bonds is 5. The minimum atomic E-state index is -0.354. The van der Waals surface area contributed by atoms with Crippen molar-refractivity contribution in [2.45, 2.75) is 26.2 Å². The first kappa shape index (κ1) is 23.1. The molecule has 2 saturated heterocycles. The largest absolute Gasteiger partial charge is 0.342 e. The molecular weight excluding hydrogens is 440 g/mol. The fourth-order valence-corrected chi connectivity index (χ4v) is 4.69. The number of carbonyl (C=O) groups excluding carboxylic acids is 3. The van der Waals surface area contributed by atoms with Gasteiger partial charge in [-0.15, -0.1) is 0 Å². The molecule has 2 aromatic carbocycles. The molecule has 0 spiro atoms. The van der Waals surface area contributed by atoms with Crippen LogP contribution in [0.5, 0.6) is 0 Å². The minimum Gasteiger partial charge on any atom is -0.342 e. The zero-order valence-electron chi connectivity index (χ0n) is 18.7. The molecule has 0 saturated carbocycles. The molecule has 2 aromatic rings. The molecule has 0 aliphatic carbocycles. The highest BCUT2D eigenvalue weighted by Crippen LogP contribution is 2.29. The molecule has 2 atom stereocenters. The maximum Gasteiger partial charge on any atom is 0.319 e. The normalized spacial score (nSPS) is 20.6. The van der Waals surface area contributed by atoms with Crippen molar-refractivity contribution in [3.05, 3.63) is 59.1 Å². The molecule has 0 bridgehead atoms. The number of carbonyl (C=O) groups is 3. The second-order valence-corrected chi connectivity index (χ2v) is 9.32. The number of nitrogens with one attached hydrogen (secondary N) is 2. The molecule has 7 nitrogen and oxygen atoms in total. The van der Waals surface area contributed by atoms with Gasteiger partial charge < -0.3 is 20.4 Å². The summed E-state index contributed by atoms with van der Waals surface area (Å²) in [6, 6.07) is 14.5. The van der Waals surface area contributed by atoms with Crippen molar-refractivity contribution in [2.24, 2.45) is 11.8 Å². The van der Waals surface area contributed by atoms with Gasteiger partial charge >= 0.3 is 6.03 Å². The van der Waals surface area contributed by atoms with E-state index < -0.39 is 0 Å². The molecule has 2 unspecified atom stereocenters. The van der Waals surface area contributed by atoms with E-state index in [2.05, 4.69) is 10.6 Å². The van der Waals surface area contributed by atoms with Crippen LogP contribution >= 0.6 is 11.6 Å². The predicted octanol–water partition coefficient (Wildman–Crippen LogP) is 4.06. The van der Waals surface area contributed by atoms with Crippen LogP contribution in [0.4, 0.5) is 16.2 Å². The lowest BCUT2D eigenvalue weighted by Gasteiger charge is -2.34. The Morgan fingerprint density at radius 3 is 2.67 bits per heavy atom. The second kappa shape index (κ2) is 10.3. The summed E-state index contributed by atoms with van der Waals surface area (Å²) in [5, 5.41) is 6.32. The average molecular weight is 469 g/mol. The van der Waals surface area contributed by atoms with Crippen molar-refractivity contribution in [3.63, 3.8) is 0 Å². The SMILES string of the molecule is Cc1ccc(NC(=O)NCC2CCCN(C(=O)C3CC(=O)N(c4cccc(Cl)c4)C3)C2)cc1. The number of amides is 4. The number of benzene rings is 2. The fraction of sp³-hybridized carbons (Fsp3) is 0.400. The van der Waals surface area contributed by atoms with Gasteiger partial charge in [0.25, 0.3) is 0 Å². The number of hydrogen-bond acceptors (Lipinski definition) is 3. The molecule has 2 heterocycles. The number of piperidine rings is 1. The monoisotopic (exact) mass is 468 g/mol. The second-order valence-electron chi connectivity index (χ2n) is 8.88. The number of urea groups is 1. The van der Waals surface area contributed by atoms with Gasteiger partial charge in [-0.3, -0.25) is 9.59 Å². The number of hydrogen-bond donors (Lipinski definition) is 2. The first-order valence-electron chi connectivity index (χ1n) is 11.4. The van der Waals surface area contributed by atoms with Crippen LogP contribution in [0.15, 0.2) is 48.5 Å². The highest BCUT2D eigenvalue weighted by Gasteiger charge is 2.38. The van der Waals surface area contributed by atoms with Gasteiger partial charge in [0, 0.05) is 49.0 Å². The summed E-state index contributed by atoms with van der Waals surface area (Å²) < 4.78 is 0. The smallest absolute Gasteiger partial charge is 0.319 e. The molecule has 33 heavy (non-hydrogen) atoms. The van der Waals surface area contributed by atoms with Crippen LogP contribution < -0.4 is 15.5 Å². The summed E-state index contributed by atoms with van der Waals surface area (Å²) in [6.07, 6.45) is 2.05. The average Bonchev–Trinajstić information content (AvgIpc) is 3.20. The van der Waals surface area contributed by atoms with Crippen molar-refractivity contribution in [1.29, 1.82) is 0 Å². The third kappa shape index (κ3) is 5.85. The Hall–Kier alpha value is -3.06. The van der Waals surface area contributed by atoms with Crippen LogP contribution in [0.1, 0.15) is 24.8 Å². The Balaban J connectivity index is 1.28. The number of nitrogens with zero attached hydrogens (tertiary/aromatic N) is 2. The van der Waals surface area contributed by atoms with E-state index in [1.807, 2.05) is 42.2 Å². The molecule has 2 fully saturated rings. The third-order valence-corrected chi connectivity index (χ3v) is 6.52. The van der Waals surface area contributed by atoms with Gasteiger partial charge in [-0.05, 0) is 56.0 Å². The van der Waals surface area contributed by atoms with E-state index in [9.17, 15) is 14.4 Å². The van der Waals surface area contributed by atoms with E-state index in [0.29, 0.717) is 31.2 Å². The van der Waals surface area contributed by atoms with Crippen LogP contribution in [0.25, 0.3) is 0 Å². The van der Waals surface area contributed by atoms with Gasteiger partial charge in [-0.2, -0.15) is 0 Å². The Morgan fingerprint density at radius 2 is 1.91 bits per heavy atom. The predicted molar refractivity (Wildman–Crippen MR) is 129 cm³/mol. The third-order valence-electron chi connectivity index (χ3n) is 6.29. The van der Waals surface area contributed by atoms with Crippen LogP contribution in [0.2, 0.25) is 5.02 Å². The maximum absolute atomic E-state index is 13.2. The number of aryl methyl sites for hydroxylation is 1. The van der Waals surface area contributed by atoms with E-state index in [0.717, 1.165) is 29.8 Å². The molecular formula is C25H29ClN4O3. The summed E-state index contributed by atoms with van der Waals surface area (Å²) in [5.74, 6) is -0.207. The first-order valence-corrected chi connectivity index (χ1v) is 11.7. The molecule has 8 heteroatoms. The van der Waals surface area contributed by atoms with Crippen molar-refractivity contribution in [1.82, 2.24) is 10.2 Å². The molecule has 2 aliphatic rings. The molecule has 4 rings (SSSR count).